The Morgan fingerprint density at radius 2 is 1.54 bits per heavy atom. The van der Waals surface area contributed by atoms with E-state index in [1.165, 1.54) is 14.2 Å². The molecule has 0 saturated carbocycles. The van der Waals surface area contributed by atoms with Gasteiger partial charge < -0.3 is 29.6 Å². The molecule has 1 heterocycles. The minimum atomic E-state index is -1.08. The summed E-state index contributed by atoms with van der Waals surface area (Å²) in [6.07, 6.45) is 0.115. The van der Waals surface area contributed by atoms with E-state index in [4.69, 9.17) is 30.5 Å². The number of carbonyl (C=O) groups is 3. The molecule has 1 aliphatic rings. The number of hydrogen-bond acceptors (Lipinski definition) is 8. The zero-order valence-corrected chi connectivity index (χ0v) is 28.3. The van der Waals surface area contributed by atoms with E-state index >= 15 is 0 Å². The summed E-state index contributed by atoms with van der Waals surface area (Å²) in [5, 5.41) is 11.5. The van der Waals surface area contributed by atoms with Crippen LogP contribution in [0.1, 0.15) is 22.3 Å². The number of methoxy groups -OCH3 is 2. The quantitative estimate of drug-likeness (QED) is 0.116. The zero-order chi connectivity index (χ0) is 35.1. The Hall–Kier alpha value is -5.58. The van der Waals surface area contributed by atoms with Gasteiger partial charge >= 0.3 is 12.0 Å². The third-order valence-electron chi connectivity index (χ3n) is 8.56. The number of benzene rings is 5. The van der Waals surface area contributed by atoms with E-state index < -0.39 is 17.5 Å². The summed E-state index contributed by atoms with van der Waals surface area (Å²) in [5.41, 5.74) is 0.881. The Labute approximate surface area is 294 Å². The molecule has 0 unspecified atom stereocenters. The lowest BCUT2D eigenvalue weighted by Crippen LogP contribution is -2.53. The first-order valence-electron chi connectivity index (χ1n) is 16.0. The highest BCUT2D eigenvalue weighted by molar-refractivity contribution is 6.33. The van der Waals surface area contributed by atoms with Crippen LogP contribution in [0.25, 0.3) is 10.8 Å². The van der Waals surface area contributed by atoms with Gasteiger partial charge in [-0.3, -0.25) is 10.1 Å². The molecule has 0 bridgehead atoms. The monoisotopic (exact) mass is 693 g/mol. The van der Waals surface area contributed by atoms with Crippen molar-refractivity contribution in [3.8, 4) is 17.2 Å². The van der Waals surface area contributed by atoms with E-state index in [1.54, 1.807) is 66.7 Å². The largest absolute Gasteiger partial charge is 0.495 e. The van der Waals surface area contributed by atoms with E-state index in [-0.39, 0.29) is 24.9 Å². The number of ketones is 1. The number of nitrogens with one attached hydrogen (secondary N) is 3. The van der Waals surface area contributed by atoms with Crippen molar-refractivity contribution in [3.63, 3.8) is 0 Å². The van der Waals surface area contributed by atoms with Gasteiger partial charge in [-0.05, 0) is 77.0 Å². The molecule has 3 N–H and O–H groups in total. The molecule has 0 aliphatic carbocycles. The Bertz CT molecular complexity index is 2020. The predicted octanol–water partition coefficient (Wildman–Crippen LogP) is 7.30. The average molecular weight is 694 g/mol. The minimum absolute atomic E-state index is 0.0278. The second kappa shape index (κ2) is 15.3. The van der Waals surface area contributed by atoms with Crippen molar-refractivity contribution in [1.29, 1.82) is 0 Å². The van der Waals surface area contributed by atoms with E-state index in [0.717, 1.165) is 10.8 Å². The second-order valence-corrected chi connectivity index (χ2v) is 12.3. The number of hydrogen-bond donors (Lipinski definition) is 3. The highest BCUT2D eigenvalue weighted by Crippen LogP contribution is 2.31. The number of rotatable bonds is 12. The van der Waals surface area contributed by atoms with Gasteiger partial charge in [-0.15, -0.1) is 0 Å². The van der Waals surface area contributed by atoms with Crippen molar-refractivity contribution in [1.82, 2.24) is 5.32 Å². The molecule has 10 nitrogen and oxygen atoms in total. The molecule has 2 atom stereocenters. The topological polar surface area (TPSA) is 124 Å². The smallest absolute Gasteiger partial charge is 0.337 e. The highest BCUT2D eigenvalue weighted by atomic mass is 35.5. The third kappa shape index (κ3) is 7.99. The van der Waals surface area contributed by atoms with Crippen LogP contribution in [0.15, 0.2) is 109 Å². The van der Waals surface area contributed by atoms with E-state index in [1.807, 2.05) is 42.5 Å². The molecule has 5 aromatic carbocycles. The molecule has 1 aliphatic heterocycles. The number of halogens is 1. The molecule has 6 rings (SSSR count). The maximum absolute atomic E-state index is 14.2. The maximum Gasteiger partial charge on any atom is 0.337 e. The van der Waals surface area contributed by atoms with Crippen LogP contribution >= 0.6 is 11.6 Å². The number of anilines is 2. The van der Waals surface area contributed by atoms with Crippen LogP contribution in [-0.2, 0) is 16.0 Å². The maximum atomic E-state index is 14.2. The second-order valence-electron chi connectivity index (χ2n) is 11.9. The van der Waals surface area contributed by atoms with Crippen molar-refractivity contribution in [2.45, 2.75) is 24.5 Å². The molecule has 256 valence electrons. The molecule has 1 fully saturated rings. The SMILES string of the molecule is COC(=O)c1ccc(OC[C@]2(C(=O)Cc3ccc(NC(=O)Nc4ccccc4Cl)c(OC)c3)C[C@H](Oc3ccc4ccccc4c3)CN2)cc1. The summed E-state index contributed by atoms with van der Waals surface area (Å²) < 4.78 is 22.9. The Morgan fingerprint density at radius 3 is 2.30 bits per heavy atom. The van der Waals surface area contributed by atoms with E-state index in [0.29, 0.717) is 57.7 Å². The number of carbonyl (C=O) groups excluding carboxylic acids is 3. The molecule has 0 aromatic heterocycles. The summed E-state index contributed by atoms with van der Waals surface area (Å²) in [5.74, 6) is 1.04. The lowest BCUT2D eigenvalue weighted by Gasteiger charge is -2.28. The zero-order valence-electron chi connectivity index (χ0n) is 27.5. The summed E-state index contributed by atoms with van der Waals surface area (Å²) in [6, 6.07) is 32.1. The van der Waals surface area contributed by atoms with Gasteiger partial charge in [-0.25, -0.2) is 9.59 Å². The first kappa shape index (κ1) is 34.3. The minimum Gasteiger partial charge on any atom is -0.495 e. The molecule has 1 saturated heterocycles. The van der Waals surface area contributed by atoms with Crippen LogP contribution in [0.4, 0.5) is 16.2 Å². The van der Waals surface area contributed by atoms with E-state index in [2.05, 4.69) is 16.0 Å². The number of urea groups is 1. The lowest BCUT2D eigenvalue weighted by atomic mass is 9.88. The summed E-state index contributed by atoms with van der Waals surface area (Å²) in [4.78, 5) is 38.8. The fraction of sp³-hybridized carbons (Fsp3) is 0.205. The van der Waals surface area contributed by atoms with Crippen LogP contribution in [0.3, 0.4) is 0 Å². The van der Waals surface area contributed by atoms with Crippen LogP contribution in [0, 0.1) is 0 Å². The number of amides is 2. The number of ether oxygens (including phenoxy) is 4. The molecular weight excluding hydrogens is 658 g/mol. The number of para-hydroxylation sites is 1. The molecule has 11 heteroatoms. The Kier molecular flexibility index (Phi) is 10.5. The first-order chi connectivity index (χ1) is 24.2. The first-order valence-corrected chi connectivity index (χ1v) is 16.4. The number of Topliss-reactive ketones (excluding diaryl/α,β-unsaturated/α-hetero) is 1. The molecule has 0 spiro atoms. The van der Waals surface area contributed by atoms with Gasteiger partial charge in [-0.1, -0.05) is 60.1 Å². The van der Waals surface area contributed by atoms with Crippen molar-refractivity contribution in [3.05, 3.63) is 125 Å². The summed E-state index contributed by atoms with van der Waals surface area (Å²) in [6.45, 7) is 0.454. The third-order valence-corrected chi connectivity index (χ3v) is 8.89. The highest BCUT2D eigenvalue weighted by Gasteiger charge is 2.46. The Morgan fingerprint density at radius 1 is 0.820 bits per heavy atom. The molecule has 0 radical (unpaired) electrons. The fourth-order valence-electron chi connectivity index (χ4n) is 5.92. The van der Waals surface area contributed by atoms with Gasteiger partial charge in [0.25, 0.3) is 0 Å². The van der Waals surface area contributed by atoms with Gasteiger partial charge in [0.2, 0.25) is 0 Å². The van der Waals surface area contributed by atoms with Crippen molar-refractivity contribution >= 4 is 51.5 Å². The molecule has 50 heavy (non-hydrogen) atoms. The predicted molar refractivity (Wildman–Crippen MR) is 193 cm³/mol. The normalized spacial score (nSPS) is 16.7. The van der Waals surface area contributed by atoms with Gasteiger partial charge in [0.05, 0.1) is 36.2 Å². The summed E-state index contributed by atoms with van der Waals surface area (Å²) >= 11 is 6.18. The van der Waals surface area contributed by atoms with Crippen LogP contribution in [-0.4, -0.2) is 56.8 Å². The molecule has 5 aromatic rings. The van der Waals surface area contributed by atoms with Crippen LogP contribution < -0.4 is 30.2 Å². The van der Waals surface area contributed by atoms with Crippen LogP contribution in [0.2, 0.25) is 5.02 Å². The summed E-state index contributed by atoms with van der Waals surface area (Å²) in [7, 11) is 2.81. The number of esters is 1. The lowest BCUT2D eigenvalue weighted by molar-refractivity contribution is -0.125. The molecule has 2 amide bonds. The average Bonchev–Trinajstić information content (AvgIpc) is 3.56. The fourth-order valence-corrected chi connectivity index (χ4v) is 6.10. The van der Waals surface area contributed by atoms with Crippen molar-refractivity contribution < 1.29 is 33.3 Å². The standard InChI is InChI=1S/C39H36ClN3O7/c1-47-35-19-25(11-18-34(35)43-38(46)42-33-10-6-5-9-32(33)40)20-36(44)39(24-49-29-15-13-27(14-16-29)37(45)48-2)22-31(23-41-39)50-30-17-12-26-7-3-4-8-28(26)21-30/h3-19,21,31,41H,20,22-24H2,1-2H3,(H2,42,43,46)/t31-,39-/m0/s1. The van der Waals surface area contributed by atoms with Gasteiger partial charge in [0.1, 0.15) is 35.5 Å². The van der Waals surface area contributed by atoms with E-state index in [9.17, 15) is 14.4 Å². The van der Waals surface area contributed by atoms with Gasteiger partial charge in [-0.2, -0.15) is 0 Å². The van der Waals surface area contributed by atoms with Crippen molar-refractivity contribution in [2.24, 2.45) is 0 Å². The van der Waals surface area contributed by atoms with Gasteiger partial charge in [0.15, 0.2) is 5.78 Å². The van der Waals surface area contributed by atoms with Gasteiger partial charge in [0, 0.05) is 19.4 Å². The Balaban J connectivity index is 1.18. The number of fused-ring (bicyclic) bond motifs is 1. The molecular formula is C39H36ClN3O7. The van der Waals surface area contributed by atoms with Crippen LogP contribution in [0.5, 0.6) is 17.2 Å². The van der Waals surface area contributed by atoms with Crippen molar-refractivity contribution in [2.75, 3.05) is 38.0 Å².